The van der Waals surface area contributed by atoms with Crippen LogP contribution in [-0.4, -0.2) is 28.3 Å². The zero-order valence-electron chi connectivity index (χ0n) is 19.9. The first-order chi connectivity index (χ1) is 17.5. The van der Waals surface area contributed by atoms with Crippen LogP contribution in [0.4, 0.5) is 0 Å². The van der Waals surface area contributed by atoms with E-state index in [1.807, 2.05) is 56.3 Å². The average molecular weight is 471 g/mol. The third-order valence-electron chi connectivity index (χ3n) is 6.72. The highest BCUT2D eigenvalue weighted by Crippen LogP contribution is 2.34. The van der Waals surface area contributed by atoms with Crippen LogP contribution in [0, 0.1) is 13.8 Å². The summed E-state index contributed by atoms with van der Waals surface area (Å²) in [5.41, 5.74) is 5.87. The van der Waals surface area contributed by atoms with Gasteiger partial charge in [-0.1, -0.05) is 60.7 Å². The second-order valence-electron chi connectivity index (χ2n) is 9.01. The van der Waals surface area contributed by atoms with Crippen molar-refractivity contribution >= 4 is 55.4 Å². The molecule has 5 nitrogen and oxygen atoms in total. The van der Waals surface area contributed by atoms with Crippen LogP contribution >= 0.6 is 0 Å². The van der Waals surface area contributed by atoms with Gasteiger partial charge in [0.25, 0.3) is 0 Å². The molecule has 0 aliphatic rings. The lowest BCUT2D eigenvalue weighted by Crippen LogP contribution is -2.14. The summed E-state index contributed by atoms with van der Waals surface area (Å²) in [6, 6.07) is 26.9. The highest BCUT2D eigenvalue weighted by Gasteiger charge is 2.16. The van der Waals surface area contributed by atoms with Crippen LogP contribution in [0.25, 0.3) is 43.6 Å². The Morgan fingerprint density at radius 2 is 1.22 bits per heavy atom. The molecule has 6 rings (SSSR count). The van der Waals surface area contributed by atoms with E-state index in [4.69, 9.17) is 14.7 Å². The first-order valence-electron chi connectivity index (χ1n) is 11.8. The predicted octanol–water partition coefficient (Wildman–Crippen LogP) is 6.75. The molecule has 174 valence electrons. The van der Waals surface area contributed by atoms with Crippen LogP contribution in [0.5, 0.6) is 0 Å². The fraction of sp³-hybridized carbons (Fsp3) is 0.0968. The van der Waals surface area contributed by atoms with Crippen LogP contribution in [0.15, 0.2) is 84.9 Å². The lowest BCUT2D eigenvalue weighted by atomic mass is 9.99. The number of carbonyl (C=O) groups is 2. The van der Waals surface area contributed by atoms with Crippen LogP contribution in [-0.2, 0) is 4.74 Å². The molecule has 0 unspecified atom stereocenters. The van der Waals surface area contributed by atoms with Crippen molar-refractivity contribution in [3.8, 4) is 0 Å². The zero-order chi connectivity index (χ0) is 24.8. The van der Waals surface area contributed by atoms with Crippen molar-refractivity contribution in [3.05, 3.63) is 107 Å². The summed E-state index contributed by atoms with van der Waals surface area (Å²) in [5, 5.41) is 4.28. The maximum absolute atomic E-state index is 12.8. The molecule has 0 atom stereocenters. The summed E-state index contributed by atoms with van der Waals surface area (Å²) in [4.78, 5) is 35.1. The number of benzene rings is 5. The highest BCUT2D eigenvalue weighted by atomic mass is 16.5. The number of nitrogens with zero attached hydrogens (tertiary/aromatic N) is 2. The van der Waals surface area contributed by atoms with E-state index in [2.05, 4.69) is 18.2 Å². The Morgan fingerprint density at radius 3 is 1.86 bits per heavy atom. The molecule has 0 saturated heterocycles. The Morgan fingerprint density at radius 1 is 0.639 bits per heavy atom. The normalized spacial score (nSPS) is 11.4. The van der Waals surface area contributed by atoms with Crippen LogP contribution in [0.3, 0.4) is 0 Å². The van der Waals surface area contributed by atoms with Crippen molar-refractivity contribution < 1.29 is 14.3 Å². The Balaban J connectivity index is 1.37. The predicted molar refractivity (Wildman–Crippen MR) is 143 cm³/mol. The van der Waals surface area contributed by atoms with Crippen molar-refractivity contribution in [3.63, 3.8) is 0 Å². The average Bonchev–Trinajstić information content (AvgIpc) is 2.92. The Hall–Kier alpha value is -4.64. The number of esters is 1. The Bertz CT molecular complexity index is 1860. The van der Waals surface area contributed by atoms with E-state index in [0.29, 0.717) is 22.2 Å². The summed E-state index contributed by atoms with van der Waals surface area (Å²) < 4.78 is 5.34. The number of ether oxygens (including phenoxy) is 1. The van der Waals surface area contributed by atoms with Gasteiger partial charge in [0.2, 0.25) is 0 Å². The van der Waals surface area contributed by atoms with Crippen molar-refractivity contribution in [2.45, 2.75) is 13.8 Å². The summed E-state index contributed by atoms with van der Waals surface area (Å²) in [6.07, 6.45) is 0. The molecular formula is C31H22N2O3. The maximum atomic E-state index is 12.8. The molecule has 0 saturated carbocycles. The molecule has 1 heterocycles. The molecular weight excluding hydrogens is 448 g/mol. The van der Waals surface area contributed by atoms with Crippen LogP contribution in [0.1, 0.15) is 31.8 Å². The van der Waals surface area contributed by atoms with E-state index in [0.717, 1.165) is 43.7 Å². The van der Waals surface area contributed by atoms with E-state index < -0.39 is 5.97 Å². The van der Waals surface area contributed by atoms with Gasteiger partial charge < -0.3 is 4.74 Å². The number of aromatic nitrogens is 2. The zero-order valence-corrected chi connectivity index (χ0v) is 19.9. The van der Waals surface area contributed by atoms with E-state index >= 15 is 0 Å². The molecule has 0 spiro atoms. The quantitative estimate of drug-likeness (QED) is 0.123. The lowest BCUT2D eigenvalue weighted by Gasteiger charge is -2.10. The molecule has 0 aliphatic carbocycles. The van der Waals surface area contributed by atoms with Gasteiger partial charge in [-0.15, -0.1) is 0 Å². The SMILES string of the molecule is Cc1ccc(C(=O)COC(=O)c2ccc3nc4c5ccccc5c5ccccc5c4nc3c2)cc1C. The minimum Gasteiger partial charge on any atom is -0.454 e. The van der Waals surface area contributed by atoms with Gasteiger partial charge in [0.15, 0.2) is 12.4 Å². The highest BCUT2D eigenvalue weighted by molar-refractivity contribution is 6.23. The molecule has 0 aliphatic heterocycles. The largest absolute Gasteiger partial charge is 0.454 e. The minimum atomic E-state index is -0.570. The van der Waals surface area contributed by atoms with E-state index in [-0.39, 0.29) is 12.4 Å². The van der Waals surface area contributed by atoms with E-state index in [1.165, 1.54) is 0 Å². The van der Waals surface area contributed by atoms with Crippen molar-refractivity contribution in [1.82, 2.24) is 9.97 Å². The third-order valence-corrected chi connectivity index (χ3v) is 6.72. The van der Waals surface area contributed by atoms with E-state index in [9.17, 15) is 9.59 Å². The van der Waals surface area contributed by atoms with Gasteiger partial charge >= 0.3 is 5.97 Å². The molecule has 0 bridgehead atoms. The Kier molecular flexibility index (Phi) is 5.19. The van der Waals surface area contributed by atoms with Gasteiger partial charge in [-0.05, 0) is 60.0 Å². The first-order valence-corrected chi connectivity index (χ1v) is 11.8. The number of carbonyl (C=O) groups excluding carboxylic acids is 2. The third kappa shape index (κ3) is 3.66. The number of ketones is 1. The van der Waals surface area contributed by atoms with Crippen molar-refractivity contribution in [2.75, 3.05) is 6.61 Å². The van der Waals surface area contributed by atoms with Crippen LogP contribution in [0.2, 0.25) is 0 Å². The second-order valence-corrected chi connectivity index (χ2v) is 9.01. The lowest BCUT2D eigenvalue weighted by molar-refractivity contribution is 0.0475. The standard InChI is InChI=1S/C31H22N2O3/c1-18-11-12-20(15-19(18)2)28(34)17-36-31(35)21-13-14-26-27(16-21)33-30-25-10-6-4-8-23(25)22-7-3-5-9-24(22)29(30)32-26/h3-16H,17H2,1-2H3. The summed E-state index contributed by atoms with van der Waals surface area (Å²) in [7, 11) is 0. The Labute approximate surface area is 207 Å². The van der Waals surface area contributed by atoms with Crippen molar-refractivity contribution in [1.29, 1.82) is 0 Å². The maximum Gasteiger partial charge on any atom is 0.338 e. The number of hydrogen-bond donors (Lipinski definition) is 0. The smallest absolute Gasteiger partial charge is 0.338 e. The topological polar surface area (TPSA) is 69.2 Å². The summed E-state index contributed by atoms with van der Waals surface area (Å²) in [5.74, 6) is -0.810. The summed E-state index contributed by atoms with van der Waals surface area (Å²) >= 11 is 0. The van der Waals surface area contributed by atoms with Gasteiger partial charge in [-0.3, -0.25) is 4.79 Å². The van der Waals surface area contributed by atoms with Gasteiger partial charge in [0, 0.05) is 16.3 Å². The van der Waals surface area contributed by atoms with Gasteiger partial charge in [-0.2, -0.15) is 0 Å². The molecule has 36 heavy (non-hydrogen) atoms. The number of fused-ring (bicyclic) bond motifs is 7. The number of rotatable bonds is 4. The van der Waals surface area contributed by atoms with Crippen molar-refractivity contribution in [2.24, 2.45) is 0 Å². The first kappa shape index (κ1) is 21.9. The van der Waals surface area contributed by atoms with E-state index in [1.54, 1.807) is 24.3 Å². The fourth-order valence-electron chi connectivity index (χ4n) is 4.62. The molecule has 5 aromatic carbocycles. The molecule has 5 heteroatoms. The molecule has 0 radical (unpaired) electrons. The fourth-order valence-corrected chi connectivity index (χ4v) is 4.62. The molecule has 0 N–H and O–H groups in total. The minimum absolute atomic E-state index is 0.239. The monoisotopic (exact) mass is 470 g/mol. The number of aryl methyl sites for hydroxylation is 2. The molecule has 6 aromatic rings. The number of Topliss-reactive ketones (excluding diaryl/α,β-unsaturated/α-hetero) is 1. The van der Waals surface area contributed by atoms with Gasteiger partial charge in [0.1, 0.15) is 0 Å². The van der Waals surface area contributed by atoms with Crippen LogP contribution < -0.4 is 0 Å². The second kappa shape index (κ2) is 8.54. The summed E-state index contributed by atoms with van der Waals surface area (Å²) in [6.45, 7) is 3.62. The molecule has 0 amide bonds. The molecule has 0 fully saturated rings. The number of hydrogen-bond acceptors (Lipinski definition) is 5. The van der Waals surface area contributed by atoms with Gasteiger partial charge in [-0.25, -0.2) is 14.8 Å². The van der Waals surface area contributed by atoms with Gasteiger partial charge in [0.05, 0.1) is 27.6 Å². The molecule has 1 aromatic heterocycles.